The van der Waals surface area contributed by atoms with Crippen LogP contribution in [0.3, 0.4) is 0 Å². The maximum Gasteiger partial charge on any atom is 0.223 e. The highest BCUT2D eigenvalue weighted by atomic mass is 16.3. The summed E-state index contributed by atoms with van der Waals surface area (Å²) in [6, 6.07) is 0. The highest BCUT2D eigenvalue weighted by Crippen LogP contribution is 2.59. The summed E-state index contributed by atoms with van der Waals surface area (Å²) in [5.74, 6) is 0.423. The Labute approximate surface area is 84.9 Å². The number of amides is 1. The first-order valence-electron chi connectivity index (χ1n) is 5.36. The molecule has 1 saturated carbocycles. The minimum absolute atomic E-state index is 0.0413. The van der Waals surface area contributed by atoms with Gasteiger partial charge in [0, 0.05) is 11.8 Å². The molecule has 1 saturated heterocycles. The van der Waals surface area contributed by atoms with Crippen molar-refractivity contribution in [1.82, 2.24) is 5.32 Å². The van der Waals surface area contributed by atoms with Crippen LogP contribution in [0.2, 0.25) is 0 Å². The van der Waals surface area contributed by atoms with Crippen LogP contribution in [0.25, 0.3) is 0 Å². The molecule has 2 fully saturated rings. The fourth-order valence-corrected chi connectivity index (χ4v) is 3.19. The number of aliphatic hydroxyl groups is 1. The molecule has 1 aliphatic heterocycles. The predicted molar refractivity (Wildman–Crippen MR) is 53.6 cm³/mol. The summed E-state index contributed by atoms with van der Waals surface area (Å²) in [6.07, 6.45) is 2.37. The third-order valence-corrected chi connectivity index (χ3v) is 4.13. The van der Waals surface area contributed by atoms with Crippen LogP contribution in [0.15, 0.2) is 0 Å². The van der Waals surface area contributed by atoms with E-state index >= 15 is 0 Å². The average Bonchev–Trinajstić information content (AvgIpc) is 2.78. The average molecular weight is 197 g/mol. The number of carbonyl (C=O) groups is 1. The number of nitrogens with one attached hydrogen (secondary N) is 1. The SMILES string of the molecule is CC1C(=O)N[C@](C)(CO)C1C1(C)CC1. The molecule has 0 aromatic rings. The van der Waals surface area contributed by atoms with Gasteiger partial charge in [-0.1, -0.05) is 13.8 Å². The van der Waals surface area contributed by atoms with Gasteiger partial charge in [0.25, 0.3) is 0 Å². The molecule has 3 nitrogen and oxygen atoms in total. The van der Waals surface area contributed by atoms with Crippen LogP contribution >= 0.6 is 0 Å². The van der Waals surface area contributed by atoms with Crippen molar-refractivity contribution in [2.45, 2.75) is 39.2 Å². The Kier molecular flexibility index (Phi) is 1.94. The zero-order valence-electron chi connectivity index (χ0n) is 9.13. The van der Waals surface area contributed by atoms with Crippen LogP contribution in [-0.2, 0) is 4.79 Å². The Bertz CT molecular complexity index is 272. The van der Waals surface area contributed by atoms with E-state index in [-0.39, 0.29) is 29.8 Å². The molecule has 3 atom stereocenters. The van der Waals surface area contributed by atoms with Crippen LogP contribution < -0.4 is 5.32 Å². The first-order valence-corrected chi connectivity index (χ1v) is 5.36. The second-order valence-electron chi connectivity index (χ2n) is 5.49. The molecule has 0 bridgehead atoms. The molecule has 0 spiro atoms. The first kappa shape index (κ1) is 9.97. The molecule has 2 unspecified atom stereocenters. The Morgan fingerprint density at radius 3 is 2.50 bits per heavy atom. The van der Waals surface area contributed by atoms with E-state index in [1.54, 1.807) is 0 Å². The summed E-state index contributed by atoms with van der Waals surface area (Å²) in [6.45, 7) is 6.21. The summed E-state index contributed by atoms with van der Waals surface area (Å²) in [7, 11) is 0. The summed E-state index contributed by atoms with van der Waals surface area (Å²) in [5, 5.41) is 12.3. The van der Waals surface area contributed by atoms with E-state index in [1.807, 2.05) is 13.8 Å². The fourth-order valence-electron chi connectivity index (χ4n) is 3.19. The van der Waals surface area contributed by atoms with Crippen molar-refractivity contribution in [1.29, 1.82) is 0 Å². The van der Waals surface area contributed by atoms with Gasteiger partial charge in [-0.25, -0.2) is 0 Å². The van der Waals surface area contributed by atoms with Gasteiger partial charge in [-0.15, -0.1) is 0 Å². The second kappa shape index (κ2) is 2.72. The molecule has 80 valence electrons. The third-order valence-electron chi connectivity index (χ3n) is 4.13. The van der Waals surface area contributed by atoms with E-state index in [9.17, 15) is 9.90 Å². The lowest BCUT2D eigenvalue weighted by molar-refractivity contribution is -0.123. The van der Waals surface area contributed by atoms with Crippen molar-refractivity contribution < 1.29 is 9.90 Å². The van der Waals surface area contributed by atoms with Crippen molar-refractivity contribution in [2.24, 2.45) is 17.3 Å². The summed E-state index contributed by atoms with van der Waals surface area (Å²) < 4.78 is 0. The molecule has 2 N–H and O–H groups in total. The van der Waals surface area contributed by atoms with E-state index in [0.29, 0.717) is 0 Å². The zero-order valence-corrected chi connectivity index (χ0v) is 9.13. The smallest absolute Gasteiger partial charge is 0.223 e. The normalized spacial score (nSPS) is 45.0. The quantitative estimate of drug-likeness (QED) is 0.691. The van der Waals surface area contributed by atoms with Crippen LogP contribution in [-0.4, -0.2) is 23.2 Å². The fraction of sp³-hybridized carbons (Fsp3) is 0.909. The van der Waals surface area contributed by atoms with Gasteiger partial charge in [-0.05, 0) is 25.2 Å². The molecule has 1 aliphatic carbocycles. The first-order chi connectivity index (χ1) is 6.43. The predicted octanol–water partition coefficient (Wildman–Crippen LogP) is 0.920. The Morgan fingerprint density at radius 2 is 2.07 bits per heavy atom. The Morgan fingerprint density at radius 1 is 1.50 bits per heavy atom. The molecular formula is C11H19NO2. The van der Waals surface area contributed by atoms with Crippen LogP contribution in [0.4, 0.5) is 0 Å². The van der Waals surface area contributed by atoms with Gasteiger partial charge in [0.2, 0.25) is 5.91 Å². The van der Waals surface area contributed by atoms with E-state index in [0.717, 1.165) is 0 Å². The van der Waals surface area contributed by atoms with Crippen molar-refractivity contribution in [3.8, 4) is 0 Å². The number of carbonyl (C=O) groups excluding carboxylic acids is 1. The van der Waals surface area contributed by atoms with E-state index in [2.05, 4.69) is 12.2 Å². The topological polar surface area (TPSA) is 49.3 Å². The van der Waals surface area contributed by atoms with Crippen LogP contribution in [0.1, 0.15) is 33.6 Å². The summed E-state index contributed by atoms with van der Waals surface area (Å²) in [4.78, 5) is 11.6. The van der Waals surface area contributed by atoms with Gasteiger partial charge >= 0.3 is 0 Å². The second-order valence-corrected chi connectivity index (χ2v) is 5.49. The van der Waals surface area contributed by atoms with E-state index in [4.69, 9.17) is 0 Å². The maximum atomic E-state index is 11.6. The monoisotopic (exact) mass is 197 g/mol. The summed E-state index contributed by atoms with van der Waals surface area (Å²) >= 11 is 0. The van der Waals surface area contributed by atoms with E-state index in [1.165, 1.54) is 12.8 Å². The van der Waals surface area contributed by atoms with Crippen molar-refractivity contribution >= 4 is 5.91 Å². The van der Waals surface area contributed by atoms with Crippen molar-refractivity contribution in [3.05, 3.63) is 0 Å². The Hall–Kier alpha value is -0.570. The van der Waals surface area contributed by atoms with Gasteiger partial charge in [-0.3, -0.25) is 4.79 Å². The number of hydrogen-bond acceptors (Lipinski definition) is 2. The van der Waals surface area contributed by atoms with Crippen LogP contribution in [0, 0.1) is 17.3 Å². The number of hydrogen-bond donors (Lipinski definition) is 2. The minimum Gasteiger partial charge on any atom is -0.394 e. The van der Waals surface area contributed by atoms with Gasteiger partial charge < -0.3 is 10.4 Å². The molecular weight excluding hydrogens is 178 g/mol. The minimum atomic E-state index is -0.401. The van der Waals surface area contributed by atoms with Gasteiger partial charge in [0.05, 0.1) is 12.1 Å². The summed E-state index contributed by atoms with van der Waals surface area (Å²) in [5.41, 5.74) is -0.127. The maximum absolute atomic E-state index is 11.6. The molecule has 0 radical (unpaired) electrons. The van der Waals surface area contributed by atoms with Crippen molar-refractivity contribution in [3.63, 3.8) is 0 Å². The lowest BCUT2D eigenvalue weighted by Crippen LogP contribution is -2.48. The van der Waals surface area contributed by atoms with Gasteiger partial charge in [-0.2, -0.15) is 0 Å². The molecule has 0 aromatic carbocycles. The largest absolute Gasteiger partial charge is 0.394 e. The molecule has 2 rings (SSSR count). The number of aliphatic hydroxyl groups excluding tert-OH is 1. The molecule has 14 heavy (non-hydrogen) atoms. The standard InChI is InChI=1S/C11H19NO2/c1-7-8(10(2)4-5-10)11(3,6-13)12-9(7)14/h7-8,13H,4-6H2,1-3H3,(H,12,14)/t7?,8?,11-/m1/s1. The Balaban J connectivity index is 2.30. The molecule has 1 amide bonds. The van der Waals surface area contributed by atoms with Crippen LogP contribution in [0.5, 0.6) is 0 Å². The highest BCUT2D eigenvalue weighted by Gasteiger charge is 2.59. The van der Waals surface area contributed by atoms with E-state index < -0.39 is 5.54 Å². The lowest BCUT2D eigenvalue weighted by atomic mass is 9.72. The zero-order chi connectivity index (χ0) is 10.6. The molecule has 1 heterocycles. The lowest BCUT2D eigenvalue weighted by Gasteiger charge is -2.35. The highest BCUT2D eigenvalue weighted by molar-refractivity contribution is 5.82. The van der Waals surface area contributed by atoms with Gasteiger partial charge in [0.15, 0.2) is 0 Å². The third kappa shape index (κ3) is 1.18. The molecule has 2 aliphatic rings. The number of rotatable bonds is 2. The van der Waals surface area contributed by atoms with Gasteiger partial charge in [0.1, 0.15) is 0 Å². The molecule has 0 aromatic heterocycles. The van der Waals surface area contributed by atoms with Crippen molar-refractivity contribution in [2.75, 3.05) is 6.61 Å². The molecule has 3 heteroatoms.